The molecule has 0 heterocycles. The van der Waals surface area contributed by atoms with Gasteiger partial charge in [-0.1, -0.05) is 20.3 Å². The highest BCUT2D eigenvalue weighted by atomic mass is 16.3. The maximum absolute atomic E-state index is 8.85. The molecule has 0 aliphatic rings. The third-order valence-electron chi connectivity index (χ3n) is 1.44. The van der Waals surface area contributed by atoms with Crippen molar-refractivity contribution in [2.75, 3.05) is 0 Å². The fourth-order valence-corrected chi connectivity index (χ4v) is 0.749. The second-order valence-electron chi connectivity index (χ2n) is 2.60. The fourth-order valence-electron chi connectivity index (χ4n) is 0.749. The number of rotatable bonds is 3. The minimum Gasteiger partial charge on any atom is -0.393 e. The van der Waals surface area contributed by atoms with Crippen molar-refractivity contribution >= 4 is 0 Å². The largest absolute Gasteiger partial charge is 0.393 e. The zero-order valence-corrected chi connectivity index (χ0v) is 6.02. The first-order chi connectivity index (χ1) is 3.66. The number of hydrogen-bond acceptors (Lipinski definition) is 1. The highest BCUT2D eigenvalue weighted by molar-refractivity contribution is 4.53. The van der Waals surface area contributed by atoms with Gasteiger partial charge in [-0.3, -0.25) is 0 Å². The molecule has 0 fully saturated rings. The van der Waals surface area contributed by atoms with E-state index in [9.17, 15) is 0 Å². The Morgan fingerprint density at radius 2 is 1.88 bits per heavy atom. The highest BCUT2D eigenvalue weighted by Gasteiger charge is 2.01. The average molecular weight is 116 g/mol. The Kier molecular flexibility index (Phi) is 3.88. The third-order valence-corrected chi connectivity index (χ3v) is 1.44. The van der Waals surface area contributed by atoms with Crippen LogP contribution < -0.4 is 0 Å². The van der Waals surface area contributed by atoms with Gasteiger partial charge in [0.2, 0.25) is 0 Å². The number of aliphatic hydroxyl groups is 1. The molecule has 0 amide bonds. The molecule has 1 N–H and O–H groups in total. The summed E-state index contributed by atoms with van der Waals surface area (Å²) in [6.45, 7) is 6.14. The summed E-state index contributed by atoms with van der Waals surface area (Å²) < 4.78 is 0. The van der Waals surface area contributed by atoms with Gasteiger partial charge in [0.1, 0.15) is 0 Å². The zero-order chi connectivity index (χ0) is 6.57. The lowest BCUT2D eigenvalue weighted by Crippen LogP contribution is -2.05. The van der Waals surface area contributed by atoms with Crippen molar-refractivity contribution in [2.45, 2.75) is 39.7 Å². The Morgan fingerprint density at radius 3 is 2.00 bits per heavy atom. The molecule has 0 bridgehead atoms. The molecule has 0 unspecified atom stereocenters. The van der Waals surface area contributed by atoms with Gasteiger partial charge in [0.25, 0.3) is 0 Å². The number of hydrogen-bond donors (Lipinski definition) is 1. The van der Waals surface area contributed by atoms with Crippen molar-refractivity contribution in [3.63, 3.8) is 0 Å². The van der Waals surface area contributed by atoms with Crippen molar-refractivity contribution in [2.24, 2.45) is 5.92 Å². The summed E-state index contributed by atoms with van der Waals surface area (Å²) in [5.74, 6) is 0.676. The summed E-state index contributed by atoms with van der Waals surface area (Å²) in [6.07, 6.45) is 1.99. The molecule has 0 aliphatic heterocycles. The van der Waals surface area contributed by atoms with Crippen LogP contribution in [0.4, 0.5) is 0 Å². The summed E-state index contributed by atoms with van der Waals surface area (Å²) in [6, 6.07) is 0. The van der Waals surface area contributed by atoms with Gasteiger partial charge in [0, 0.05) is 0 Å². The van der Waals surface area contributed by atoms with Crippen LogP contribution in [0.3, 0.4) is 0 Å². The van der Waals surface area contributed by atoms with E-state index < -0.39 is 0 Å². The zero-order valence-electron chi connectivity index (χ0n) is 6.02. The van der Waals surface area contributed by atoms with Crippen molar-refractivity contribution in [1.82, 2.24) is 0 Å². The van der Waals surface area contributed by atoms with Crippen molar-refractivity contribution in [1.29, 1.82) is 0 Å². The molecule has 0 rings (SSSR count). The summed E-state index contributed by atoms with van der Waals surface area (Å²) in [5, 5.41) is 8.85. The van der Waals surface area contributed by atoms with Gasteiger partial charge in [-0.2, -0.15) is 0 Å². The molecule has 0 radical (unpaired) electrons. The molecule has 50 valence electrons. The maximum Gasteiger partial charge on any atom is 0.0514 e. The predicted molar refractivity (Wildman–Crippen MR) is 35.8 cm³/mol. The van der Waals surface area contributed by atoms with E-state index in [1.54, 1.807) is 0 Å². The number of aliphatic hydroxyl groups excluding tert-OH is 1. The lowest BCUT2D eigenvalue weighted by Gasteiger charge is -2.08. The monoisotopic (exact) mass is 116 g/mol. The molecular formula is C7H16O. The van der Waals surface area contributed by atoms with Gasteiger partial charge in [0.15, 0.2) is 0 Å². The summed E-state index contributed by atoms with van der Waals surface area (Å²) >= 11 is 0. The Morgan fingerprint density at radius 1 is 1.38 bits per heavy atom. The van der Waals surface area contributed by atoms with Crippen LogP contribution in [0.25, 0.3) is 0 Å². The second-order valence-corrected chi connectivity index (χ2v) is 2.60. The molecule has 0 saturated heterocycles. The minimum atomic E-state index is -0.120. The SMILES string of the molecule is CC[C@H](C)C[C@@H](C)O. The first-order valence-electron chi connectivity index (χ1n) is 3.34. The first-order valence-corrected chi connectivity index (χ1v) is 3.34. The molecule has 1 nitrogen and oxygen atoms in total. The van der Waals surface area contributed by atoms with Crippen molar-refractivity contribution < 1.29 is 5.11 Å². The molecule has 0 saturated carbocycles. The van der Waals surface area contributed by atoms with E-state index in [4.69, 9.17) is 5.11 Å². The molecule has 1 heteroatoms. The maximum atomic E-state index is 8.85. The van der Waals surface area contributed by atoms with Gasteiger partial charge < -0.3 is 5.11 Å². The molecule has 0 aromatic rings. The van der Waals surface area contributed by atoms with Crippen LogP contribution in [0.5, 0.6) is 0 Å². The summed E-state index contributed by atoms with van der Waals surface area (Å²) in [5.41, 5.74) is 0. The van der Waals surface area contributed by atoms with E-state index >= 15 is 0 Å². The summed E-state index contributed by atoms with van der Waals surface area (Å²) in [7, 11) is 0. The molecule has 0 aromatic heterocycles. The van der Waals surface area contributed by atoms with Gasteiger partial charge >= 0.3 is 0 Å². The molecule has 2 atom stereocenters. The van der Waals surface area contributed by atoms with Gasteiger partial charge in [-0.05, 0) is 19.3 Å². The first kappa shape index (κ1) is 7.96. The third kappa shape index (κ3) is 4.13. The van der Waals surface area contributed by atoms with Gasteiger partial charge in [-0.25, -0.2) is 0 Å². The quantitative estimate of drug-likeness (QED) is 0.596. The molecular weight excluding hydrogens is 100 g/mol. The van der Waals surface area contributed by atoms with Crippen molar-refractivity contribution in [3.8, 4) is 0 Å². The predicted octanol–water partition coefficient (Wildman–Crippen LogP) is 1.80. The summed E-state index contributed by atoms with van der Waals surface area (Å²) in [4.78, 5) is 0. The lowest BCUT2D eigenvalue weighted by atomic mass is 10.0. The molecule has 0 aromatic carbocycles. The smallest absolute Gasteiger partial charge is 0.0514 e. The van der Waals surface area contributed by atoms with E-state index in [1.807, 2.05) is 6.92 Å². The Balaban J connectivity index is 3.10. The standard InChI is InChI=1S/C7H16O/c1-4-6(2)5-7(3)8/h6-8H,4-5H2,1-3H3/t6-,7+/m0/s1. The second kappa shape index (κ2) is 3.90. The average Bonchev–Trinajstić information content (AvgIpc) is 1.65. The Labute approximate surface area is 51.7 Å². The van der Waals surface area contributed by atoms with Crippen LogP contribution in [0, 0.1) is 5.92 Å². The van der Waals surface area contributed by atoms with Crippen LogP contribution in [-0.4, -0.2) is 11.2 Å². The van der Waals surface area contributed by atoms with E-state index in [0.29, 0.717) is 5.92 Å². The highest BCUT2D eigenvalue weighted by Crippen LogP contribution is 2.08. The molecule has 0 aliphatic carbocycles. The normalized spacial score (nSPS) is 18.0. The Bertz CT molecular complexity index is 50.3. The van der Waals surface area contributed by atoms with E-state index in [-0.39, 0.29) is 6.10 Å². The minimum absolute atomic E-state index is 0.120. The van der Waals surface area contributed by atoms with Crippen LogP contribution >= 0.6 is 0 Å². The van der Waals surface area contributed by atoms with Gasteiger partial charge in [0.05, 0.1) is 6.10 Å². The van der Waals surface area contributed by atoms with Crippen LogP contribution in [0.2, 0.25) is 0 Å². The van der Waals surface area contributed by atoms with E-state index in [2.05, 4.69) is 13.8 Å². The van der Waals surface area contributed by atoms with Crippen LogP contribution in [-0.2, 0) is 0 Å². The van der Waals surface area contributed by atoms with E-state index in [1.165, 1.54) is 6.42 Å². The Hall–Kier alpha value is -0.0400. The van der Waals surface area contributed by atoms with Crippen molar-refractivity contribution in [3.05, 3.63) is 0 Å². The topological polar surface area (TPSA) is 20.2 Å². The lowest BCUT2D eigenvalue weighted by molar-refractivity contribution is 0.163. The van der Waals surface area contributed by atoms with Gasteiger partial charge in [-0.15, -0.1) is 0 Å². The van der Waals surface area contributed by atoms with Crippen LogP contribution in [0.1, 0.15) is 33.6 Å². The van der Waals surface area contributed by atoms with Crippen LogP contribution in [0.15, 0.2) is 0 Å². The molecule has 8 heavy (non-hydrogen) atoms. The molecule has 0 spiro atoms. The van der Waals surface area contributed by atoms with E-state index in [0.717, 1.165) is 6.42 Å². The fraction of sp³-hybridized carbons (Fsp3) is 1.00.